The molecule has 6 nitrogen and oxygen atoms in total. The summed E-state index contributed by atoms with van der Waals surface area (Å²) in [7, 11) is -4.10. The van der Waals surface area contributed by atoms with E-state index in [-0.39, 0.29) is 31.5 Å². The van der Waals surface area contributed by atoms with Crippen LogP contribution in [0, 0.1) is 0 Å². The van der Waals surface area contributed by atoms with Gasteiger partial charge < -0.3 is 5.32 Å². The number of hydrogen-bond donors (Lipinski definition) is 1. The maximum absolute atomic E-state index is 12.8. The summed E-state index contributed by atoms with van der Waals surface area (Å²) in [6, 6.07) is 13.4. The first-order chi connectivity index (χ1) is 12.3. The van der Waals surface area contributed by atoms with Crippen LogP contribution in [0.3, 0.4) is 0 Å². The van der Waals surface area contributed by atoms with Gasteiger partial charge in [-0.15, -0.1) is 9.19 Å². The van der Waals surface area contributed by atoms with Gasteiger partial charge in [0.1, 0.15) is 5.69 Å². The van der Waals surface area contributed by atoms with Gasteiger partial charge >= 0.3 is 0 Å². The zero-order valence-corrected chi connectivity index (χ0v) is 15.9. The van der Waals surface area contributed by atoms with Gasteiger partial charge in [0.15, 0.2) is 5.15 Å². The first kappa shape index (κ1) is 18.7. The molecule has 2 aromatic carbocycles. The second-order valence-electron chi connectivity index (χ2n) is 5.07. The zero-order chi connectivity index (χ0) is 18.9. The fourth-order valence-corrected chi connectivity index (χ4v) is 4.01. The highest BCUT2D eigenvalue weighted by Crippen LogP contribution is 2.30. The number of aromatic nitrogens is 2. The minimum atomic E-state index is -4.10. The predicted octanol–water partition coefficient (Wildman–Crippen LogP) is 4.33. The van der Waals surface area contributed by atoms with Crippen LogP contribution in [-0.2, 0) is 10.0 Å². The normalized spacial score (nSPS) is 11.3. The molecule has 3 rings (SSSR count). The molecule has 0 spiro atoms. The van der Waals surface area contributed by atoms with Crippen molar-refractivity contribution in [2.24, 2.45) is 0 Å². The molecular formula is C16H10Cl3N3O3S. The third-order valence-electron chi connectivity index (χ3n) is 3.35. The topological polar surface area (TPSA) is 81.1 Å². The third-order valence-corrected chi connectivity index (χ3v) is 5.95. The van der Waals surface area contributed by atoms with Crippen molar-refractivity contribution >= 4 is 56.4 Å². The average Bonchev–Trinajstić information content (AvgIpc) is 3.02. The van der Waals surface area contributed by atoms with Gasteiger partial charge in [-0.05, 0) is 24.3 Å². The Morgan fingerprint density at radius 3 is 2.38 bits per heavy atom. The molecule has 0 unspecified atom stereocenters. The quantitative estimate of drug-likeness (QED) is 0.668. The number of hydrogen-bond acceptors (Lipinski definition) is 4. The van der Waals surface area contributed by atoms with Crippen molar-refractivity contribution < 1.29 is 13.2 Å². The van der Waals surface area contributed by atoms with E-state index < -0.39 is 15.9 Å². The van der Waals surface area contributed by atoms with Crippen LogP contribution in [0.2, 0.25) is 15.2 Å². The lowest BCUT2D eigenvalue weighted by Gasteiger charge is -2.10. The fraction of sp³-hybridized carbons (Fsp3) is 0. The van der Waals surface area contributed by atoms with E-state index in [2.05, 4.69) is 10.4 Å². The fourth-order valence-electron chi connectivity index (χ4n) is 2.15. The predicted molar refractivity (Wildman–Crippen MR) is 101 cm³/mol. The smallest absolute Gasteiger partial charge is 0.283 e. The molecule has 1 heterocycles. The molecule has 0 atom stereocenters. The van der Waals surface area contributed by atoms with Crippen molar-refractivity contribution in [1.82, 2.24) is 9.19 Å². The third kappa shape index (κ3) is 3.57. The van der Waals surface area contributed by atoms with E-state index in [1.807, 2.05) is 0 Å². The summed E-state index contributed by atoms with van der Waals surface area (Å²) in [6.45, 7) is 0. The second-order valence-corrected chi connectivity index (χ2v) is 8.01. The minimum absolute atomic E-state index is 0.0328. The van der Waals surface area contributed by atoms with Crippen LogP contribution in [0.4, 0.5) is 5.69 Å². The molecule has 0 aliphatic rings. The van der Waals surface area contributed by atoms with Crippen LogP contribution in [0.5, 0.6) is 0 Å². The maximum atomic E-state index is 12.8. The molecule has 1 N–H and O–H groups in total. The molecule has 26 heavy (non-hydrogen) atoms. The number of nitrogens with one attached hydrogen (secondary N) is 1. The van der Waals surface area contributed by atoms with Crippen molar-refractivity contribution in [1.29, 1.82) is 0 Å². The Morgan fingerprint density at radius 1 is 1.00 bits per heavy atom. The van der Waals surface area contributed by atoms with Crippen LogP contribution in [0.15, 0.2) is 59.5 Å². The molecule has 0 radical (unpaired) electrons. The number of anilines is 1. The molecule has 0 bridgehead atoms. The van der Waals surface area contributed by atoms with E-state index in [0.717, 1.165) is 6.07 Å². The van der Waals surface area contributed by atoms with Gasteiger partial charge in [0.25, 0.3) is 15.9 Å². The summed E-state index contributed by atoms with van der Waals surface area (Å²) in [5.41, 5.74) is -0.0416. The van der Waals surface area contributed by atoms with Crippen LogP contribution in [0.1, 0.15) is 10.5 Å². The van der Waals surface area contributed by atoms with Crippen molar-refractivity contribution in [3.05, 3.63) is 75.5 Å². The zero-order valence-electron chi connectivity index (χ0n) is 12.9. The van der Waals surface area contributed by atoms with E-state index in [0.29, 0.717) is 4.09 Å². The molecule has 1 amide bonds. The van der Waals surface area contributed by atoms with Crippen LogP contribution in [0.25, 0.3) is 0 Å². The number of carbonyl (C=O) groups is 1. The molecule has 0 aliphatic carbocycles. The summed E-state index contributed by atoms with van der Waals surface area (Å²) in [4.78, 5) is 12.6. The van der Waals surface area contributed by atoms with Crippen molar-refractivity contribution in [2.45, 2.75) is 4.90 Å². The molecule has 0 saturated carbocycles. The lowest BCUT2D eigenvalue weighted by atomic mass is 10.3. The molecule has 0 fully saturated rings. The Hall–Kier alpha value is -2.06. The van der Waals surface area contributed by atoms with Gasteiger partial charge in [-0.2, -0.15) is 8.42 Å². The van der Waals surface area contributed by atoms with Gasteiger partial charge in [-0.1, -0.05) is 59.1 Å². The second kappa shape index (κ2) is 7.28. The van der Waals surface area contributed by atoms with Crippen molar-refractivity contribution in [2.75, 3.05) is 5.32 Å². The molecule has 1 aromatic heterocycles. The molecular weight excluding hydrogens is 421 g/mol. The summed E-state index contributed by atoms with van der Waals surface area (Å²) in [5, 5.41) is 6.47. The number of amides is 1. The van der Waals surface area contributed by atoms with Crippen LogP contribution < -0.4 is 5.32 Å². The van der Waals surface area contributed by atoms with Crippen LogP contribution in [-0.4, -0.2) is 23.5 Å². The summed E-state index contributed by atoms with van der Waals surface area (Å²) in [6.07, 6.45) is 0. The Labute approximate surface area is 164 Å². The first-order valence-corrected chi connectivity index (χ1v) is 9.69. The largest absolute Gasteiger partial charge is 0.319 e. The van der Waals surface area contributed by atoms with E-state index in [1.54, 1.807) is 30.3 Å². The van der Waals surface area contributed by atoms with Gasteiger partial charge in [0.2, 0.25) is 0 Å². The highest BCUT2D eigenvalue weighted by atomic mass is 35.5. The van der Waals surface area contributed by atoms with Crippen LogP contribution >= 0.6 is 34.8 Å². The SMILES string of the molecule is O=C(Nc1cccc(Cl)c1Cl)c1cc(Cl)nn1S(=O)(=O)c1ccccc1. The average molecular weight is 431 g/mol. The first-order valence-electron chi connectivity index (χ1n) is 7.12. The van der Waals surface area contributed by atoms with E-state index >= 15 is 0 Å². The molecule has 134 valence electrons. The summed E-state index contributed by atoms with van der Waals surface area (Å²) in [5.74, 6) is -0.756. The number of halogens is 3. The lowest BCUT2D eigenvalue weighted by molar-refractivity contribution is 0.102. The molecule has 10 heteroatoms. The van der Waals surface area contributed by atoms with Gasteiger partial charge in [0, 0.05) is 6.07 Å². The van der Waals surface area contributed by atoms with E-state index in [9.17, 15) is 13.2 Å². The highest BCUT2D eigenvalue weighted by molar-refractivity contribution is 7.90. The Bertz CT molecular complexity index is 1080. The monoisotopic (exact) mass is 429 g/mol. The van der Waals surface area contributed by atoms with Crippen molar-refractivity contribution in [3.8, 4) is 0 Å². The van der Waals surface area contributed by atoms with E-state index in [1.165, 1.54) is 18.2 Å². The number of benzene rings is 2. The Morgan fingerprint density at radius 2 is 1.69 bits per heavy atom. The van der Waals surface area contributed by atoms with Gasteiger partial charge in [-0.3, -0.25) is 4.79 Å². The summed E-state index contributed by atoms with van der Waals surface area (Å²) < 4.78 is 26.1. The summed E-state index contributed by atoms with van der Waals surface area (Å²) >= 11 is 17.8. The standard InChI is InChI=1S/C16H10Cl3N3O3S/c17-11-7-4-8-12(15(11)19)20-16(23)13-9-14(18)21-22(13)26(24,25)10-5-2-1-3-6-10/h1-9H,(H,20,23). The highest BCUT2D eigenvalue weighted by Gasteiger charge is 2.26. The van der Waals surface area contributed by atoms with Gasteiger partial charge in [-0.25, -0.2) is 0 Å². The number of carbonyl (C=O) groups excluding carboxylic acids is 1. The lowest BCUT2D eigenvalue weighted by Crippen LogP contribution is -2.23. The Kier molecular flexibility index (Phi) is 5.24. The molecule has 0 aliphatic heterocycles. The maximum Gasteiger partial charge on any atom is 0.283 e. The molecule has 0 saturated heterocycles. The Balaban J connectivity index is 2.02. The van der Waals surface area contributed by atoms with E-state index in [4.69, 9.17) is 34.8 Å². The van der Waals surface area contributed by atoms with Gasteiger partial charge in [0.05, 0.1) is 20.6 Å². The minimum Gasteiger partial charge on any atom is -0.319 e. The van der Waals surface area contributed by atoms with Crippen molar-refractivity contribution in [3.63, 3.8) is 0 Å². The molecule has 3 aromatic rings. The number of rotatable bonds is 4. The number of nitrogens with zero attached hydrogens (tertiary/aromatic N) is 2.